The van der Waals surface area contributed by atoms with Crippen LogP contribution in [-0.4, -0.2) is 27.4 Å². The van der Waals surface area contributed by atoms with Crippen LogP contribution in [0.1, 0.15) is 0 Å². The minimum Gasteiger partial charge on any atom is -0.382 e. The Morgan fingerprint density at radius 3 is 2.50 bits per heavy atom. The Morgan fingerprint density at radius 2 is 2.00 bits per heavy atom. The summed E-state index contributed by atoms with van der Waals surface area (Å²) in [5, 5.41) is 0. The molecule has 8 heavy (non-hydrogen) atoms. The molecule has 0 amide bonds. The lowest BCUT2D eigenvalue weighted by atomic mass is 10.8. The van der Waals surface area contributed by atoms with E-state index < -0.39 is 0 Å². The van der Waals surface area contributed by atoms with Gasteiger partial charge in [-0.25, -0.2) is 0 Å². The van der Waals surface area contributed by atoms with Crippen LogP contribution >= 0.6 is 0 Å². The van der Waals surface area contributed by atoms with E-state index in [0.717, 1.165) is 0 Å². The van der Waals surface area contributed by atoms with E-state index in [9.17, 15) is 0 Å². The molecule has 0 aliphatic rings. The fourth-order valence-electron chi connectivity index (χ4n) is 0.248. The van der Waals surface area contributed by atoms with Gasteiger partial charge in [0.1, 0.15) is 0 Å². The Hall–Kier alpha value is -0.120. The Balaban J connectivity index is 2.53. The predicted octanol–water partition coefficient (Wildman–Crippen LogP) is 0.415. The molecule has 49 valence electrons. The normalized spacial score (nSPS) is 9.75. The van der Waals surface area contributed by atoms with Crippen LogP contribution in [0, 0.1) is 6.79 Å². The first-order valence-corrected chi connectivity index (χ1v) is 2.37. The molecule has 0 aromatic heterocycles. The van der Waals surface area contributed by atoms with Gasteiger partial charge in [-0.05, 0) is 0 Å². The molecule has 0 aliphatic carbocycles. The van der Waals surface area contributed by atoms with Crippen LogP contribution in [0.2, 0.25) is 0 Å². The smallest absolute Gasteiger partial charge is 0.209 e. The Kier molecular flexibility index (Phi) is 6.78. The molecule has 0 N–H and O–H groups in total. The number of hydrogen-bond donors (Lipinski definition) is 0. The Labute approximate surface area is 49.5 Å². The van der Waals surface area contributed by atoms with Crippen molar-refractivity contribution >= 4 is 0 Å². The molecular weight excluding hydrogens is 108 g/mol. The molecule has 0 aliphatic heterocycles. The first kappa shape index (κ1) is 7.88. The first-order chi connectivity index (χ1) is 3.91. The van der Waals surface area contributed by atoms with Gasteiger partial charge in [-0.2, -0.15) is 0 Å². The van der Waals surface area contributed by atoms with Gasteiger partial charge in [-0.3, -0.25) is 0 Å². The average molecular weight is 119 g/mol. The van der Waals surface area contributed by atoms with Crippen molar-refractivity contribution in [2.45, 2.75) is 0 Å². The van der Waals surface area contributed by atoms with E-state index in [1.807, 2.05) is 0 Å². The quantitative estimate of drug-likeness (QED) is 0.491. The molecular formula is C5H11O3. The van der Waals surface area contributed by atoms with Gasteiger partial charge in [-0.15, -0.1) is 0 Å². The van der Waals surface area contributed by atoms with Gasteiger partial charge in [0.25, 0.3) is 0 Å². The molecule has 0 saturated carbocycles. The molecule has 0 fully saturated rings. The standard InChI is InChI=1S/C5H11O3/c1-6-3-4-8-5-7-2/h5H,3-4H2,1-2H3. The zero-order chi connectivity index (χ0) is 6.24. The summed E-state index contributed by atoms with van der Waals surface area (Å²) in [6.07, 6.45) is 0. The lowest BCUT2D eigenvalue weighted by Gasteiger charge is -1.97. The zero-order valence-electron chi connectivity index (χ0n) is 5.22. The average Bonchev–Trinajstić information content (AvgIpc) is 1.81. The maximum absolute atomic E-state index is 4.75. The monoisotopic (exact) mass is 119 g/mol. The van der Waals surface area contributed by atoms with Gasteiger partial charge >= 0.3 is 0 Å². The van der Waals surface area contributed by atoms with Crippen molar-refractivity contribution in [1.82, 2.24) is 0 Å². The first-order valence-electron chi connectivity index (χ1n) is 2.37. The summed E-state index contributed by atoms with van der Waals surface area (Å²) in [4.78, 5) is 0. The molecule has 0 aromatic carbocycles. The second-order valence-electron chi connectivity index (χ2n) is 1.20. The van der Waals surface area contributed by atoms with Crippen molar-refractivity contribution in [2.24, 2.45) is 0 Å². The van der Waals surface area contributed by atoms with Crippen molar-refractivity contribution in [2.75, 3.05) is 27.4 Å². The molecule has 0 spiro atoms. The summed E-state index contributed by atoms with van der Waals surface area (Å²) in [6, 6.07) is 0. The van der Waals surface area contributed by atoms with E-state index in [2.05, 4.69) is 9.47 Å². The largest absolute Gasteiger partial charge is 0.382 e. The van der Waals surface area contributed by atoms with Gasteiger partial charge < -0.3 is 14.2 Å². The van der Waals surface area contributed by atoms with Gasteiger partial charge in [0, 0.05) is 14.2 Å². The number of methoxy groups -OCH3 is 2. The number of hydrogen-bond acceptors (Lipinski definition) is 3. The topological polar surface area (TPSA) is 27.7 Å². The van der Waals surface area contributed by atoms with Crippen molar-refractivity contribution in [3.8, 4) is 0 Å². The lowest BCUT2D eigenvalue weighted by Crippen LogP contribution is -1.99. The zero-order valence-corrected chi connectivity index (χ0v) is 5.22. The maximum Gasteiger partial charge on any atom is 0.209 e. The van der Waals surface area contributed by atoms with E-state index in [0.29, 0.717) is 13.2 Å². The summed E-state index contributed by atoms with van der Waals surface area (Å²) in [7, 11) is 3.16. The summed E-state index contributed by atoms with van der Waals surface area (Å²) in [6.45, 7) is 2.42. The molecule has 0 aromatic rings. The van der Waals surface area contributed by atoms with Crippen LogP contribution in [0.25, 0.3) is 0 Å². The molecule has 0 saturated heterocycles. The van der Waals surface area contributed by atoms with Gasteiger partial charge in [0.2, 0.25) is 6.79 Å². The third-order valence-electron chi connectivity index (χ3n) is 0.570. The highest BCUT2D eigenvalue weighted by atomic mass is 16.7. The fraction of sp³-hybridized carbons (Fsp3) is 0.800. The molecule has 0 heterocycles. The molecule has 3 heteroatoms. The lowest BCUT2D eigenvalue weighted by molar-refractivity contribution is 0.0201. The second-order valence-corrected chi connectivity index (χ2v) is 1.20. The maximum atomic E-state index is 4.75. The second kappa shape index (κ2) is 6.88. The van der Waals surface area contributed by atoms with Crippen molar-refractivity contribution in [3.05, 3.63) is 6.79 Å². The third-order valence-corrected chi connectivity index (χ3v) is 0.570. The van der Waals surface area contributed by atoms with E-state index >= 15 is 0 Å². The van der Waals surface area contributed by atoms with Gasteiger partial charge in [0.15, 0.2) is 0 Å². The van der Waals surface area contributed by atoms with Crippen molar-refractivity contribution in [1.29, 1.82) is 0 Å². The van der Waals surface area contributed by atoms with Crippen LogP contribution < -0.4 is 0 Å². The third kappa shape index (κ3) is 5.88. The fourth-order valence-corrected chi connectivity index (χ4v) is 0.248. The van der Waals surface area contributed by atoms with Crippen LogP contribution in [0.5, 0.6) is 0 Å². The van der Waals surface area contributed by atoms with E-state index in [1.54, 1.807) is 7.11 Å². The molecule has 0 rings (SSSR count). The summed E-state index contributed by atoms with van der Waals surface area (Å²) in [5.74, 6) is 0. The van der Waals surface area contributed by atoms with Crippen molar-refractivity contribution in [3.63, 3.8) is 0 Å². The Bertz CT molecular complexity index is 32.7. The highest BCUT2D eigenvalue weighted by Gasteiger charge is 1.82. The van der Waals surface area contributed by atoms with E-state index in [-0.39, 0.29) is 0 Å². The van der Waals surface area contributed by atoms with Crippen molar-refractivity contribution < 1.29 is 14.2 Å². The Morgan fingerprint density at radius 1 is 1.25 bits per heavy atom. The summed E-state index contributed by atoms with van der Waals surface area (Å²) in [5.41, 5.74) is 0. The summed E-state index contributed by atoms with van der Waals surface area (Å²) >= 11 is 0. The van der Waals surface area contributed by atoms with Crippen LogP contribution in [0.3, 0.4) is 0 Å². The van der Waals surface area contributed by atoms with Crippen LogP contribution in [0.15, 0.2) is 0 Å². The molecule has 0 unspecified atom stereocenters. The highest BCUT2D eigenvalue weighted by Crippen LogP contribution is 1.80. The number of rotatable bonds is 5. The molecule has 0 atom stereocenters. The minimum absolute atomic E-state index is 0.546. The van der Waals surface area contributed by atoms with Crippen LogP contribution in [-0.2, 0) is 14.2 Å². The summed E-state index contributed by atoms with van der Waals surface area (Å²) < 4.78 is 13.9. The van der Waals surface area contributed by atoms with Gasteiger partial charge in [0.05, 0.1) is 13.2 Å². The predicted molar refractivity (Wildman–Crippen MR) is 29.1 cm³/mol. The SMILES string of the molecule is CO[CH]OCCOC. The minimum atomic E-state index is 0.546. The van der Waals surface area contributed by atoms with Gasteiger partial charge in [-0.1, -0.05) is 0 Å². The van der Waals surface area contributed by atoms with Crippen LogP contribution in [0.4, 0.5) is 0 Å². The highest BCUT2D eigenvalue weighted by molar-refractivity contribution is 4.27. The van der Waals surface area contributed by atoms with E-state index in [4.69, 9.17) is 4.74 Å². The molecule has 0 bridgehead atoms. The van der Waals surface area contributed by atoms with E-state index in [1.165, 1.54) is 13.9 Å². The molecule has 3 nitrogen and oxygen atoms in total. The number of ether oxygens (including phenoxy) is 3. The molecule has 1 radical (unpaired) electrons.